The summed E-state index contributed by atoms with van der Waals surface area (Å²) in [5.41, 5.74) is -5.03. The molecule has 262 valence electrons. The fourth-order valence-corrected chi connectivity index (χ4v) is 9.06. The van der Waals surface area contributed by atoms with Crippen molar-refractivity contribution in [2.45, 2.75) is 121 Å². The van der Waals surface area contributed by atoms with Crippen molar-refractivity contribution >= 4 is 28.9 Å². The number of carbonyl (C=O) groups is 5. The van der Waals surface area contributed by atoms with Crippen LogP contribution in [0, 0.1) is 45.3 Å². The van der Waals surface area contributed by atoms with E-state index in [1.54, 1.807) is 55.4 Å². The number of aliphatic hydroxyl groups is 1. The van der Waals surface area contributed by atoms with E-state index >= 15 is 0 Å². The van der Waals surface area contributed by atoms with Crippen molar-refractivity contribution in [3.8, 4) is 17.2 Å². The Kier molecular flexibility index (Phi) is 7.93. The molecule has 0 bridgehead atoms. The van der Waals surface area contributed by atoms with Crippen LogP contribution in [0.1, 0.15) is 137 Å². The fraction of sp³-hybridized carbons (Fsp3) is 0.667. The normalized spacial score (nSPS) is 29.7. The van der Waals surface area contributed by atoms with Gasteiger partial charge in [0.2, 0.25) is 5.79 Å². The van der Waals surface area contributed by atoms with Crippen LogP contribution in [0.4, 0.5) is 0 Å². The first-order chi connectivity index (χ1) is 21.7. The molecule has 2 aliphatic heterocycles. The molecule has 4 aliphatic rings. The minimum absolute atomic E-state index is 0.0271. The summed E-state index contributed by atoms with van der Waals surface area (Å²) in [6.45, 7) is 24.1. The third kappa shape index (κ3) is 4.34. The Balaban J connectivity index is 1.99. The van der Waals surface area contributed by atoms with Crippen molar-refractivity contribution in [2.75, 3.05) is 0 Å². The average Bonchev–Trinajstić information content (AvgIpc) is 2.95. The number of phenols is 1. The molecule has 1 aromatic rings. The van der Waals surface area contributed by atoms with Crippen LogP contribution in [-0.4, -0.2) is 44.9 Å². The summed E-state index contributed by atoms with van der Waals surface area (Å²) in [7, 11) is 0. The Morgan fingerprint density at radius 1 is 0.771 bits per heavy atom. The Labute approximate surface area is 283 Å². The van der Waals surface area contributed by atoms with Gasteiger partial charge in [0.25, 0.3) is 0 Å². The molecule has 2 heterocycles. The summed E-state index contributed by atoms with van der Waals surface area (Å²) in [6, 6.07) is 0. The second kappa shape index (κ2) is 10.6. The Morgan fingerprint density at radius 3 is 1.83 bits per heavy atom. The van der Waals surface area contributed by atoms with Gasteiger partial charge in [0.1, 0.15) is 28.6 Å². The average molecular weight is 665 g/mol. The number of phenolic OH excluding ortho intramolecular Hbond substituents is 1. The summed E-state index contributed by atoms with van der Waals surface area (Å²) in [4.78, 5) is 70.7. The van der Waals surface area contributed by atoms with Gasteiger partial charge in [0.05, 0.1) is 27.6 Å². The van der Waals surface area contributed by atoms with Crippen LogP contribution in [0.25, 0.3) is 0 Å². The zero-order chi connectivity index (χ0) is 36.6. The summed E-state index contributed by atoms with van der Waals surface area (Å²) in [6.07, 6.45) is 0.0271. The number of allylic oxidation sites excluding steroid dienone is 2. The van der Waals surface area contributed by atoms with Crippen LogP contribution in [0.2, 0.25) is 0 Å². The molecule has 0 saturated heterocycles. The molecule has 5 rings (SSSR count). The van der Waals surface area contributed by atoms with Gasteiger partial charge in [0.15, 0.2) is 28.9 Å². The first-order valence-electron chi connectivity index (χ1n) is 17.2. The lowest BCUT2D eigenvalue weighted by Crippen LogP contribution is -2.72. The van der Waals surface area contributed by atoms with Gasteiger partial charge >= 0.3 is 0 Å². The molecule has 0 radical (unpaired) electrons. The van der Waals surface area contributed by atoms with E-state index in [4.69, 9.17) is 9.47 Å². The molecule has 1 aromatic carbocycles. The molecule has 2 N–H and O–H groups in total. The SMILES string of the molecule is CC(C)CC(=O)c1c(O)c2c(c3c1OC1(O)C(C(=O)C(C)(C)C(=O)C1(C)C)[C@H]3C(C)C)OC1=C(C(=O)C(C)(C)C(=O)C1(C)C)[C@H]2C(C)C. The van der Waals surface area contributed by atoms with E-state index in [2.05, 4.69) is 0 Å². The van der Waals surface area contributed by atoms with Crippen LogP contribution in [0.5, 0.6) is 17.2 Å². The lowest BCUT2D eigenvalue weighted by atomic mass is 9.51. The van der Waals surface area contributed by atoms with Crippen molar-refractivity contribution in [2.24, 2.45) is 45.3 Å². The maximum Gasteiger partial charge on any atom is 0.230 e. The van der Waals surface area contributed by atoms with Crippen LogP contribution in [0.15, 0.2) is 11.3 Å². The van der Waals surface area contributed by atoms with Crippen LogP contribution >= 0.6 is 0 Å². The minimum atomic E-state index is -2.37. The number of ketones is 5. The highest BCUT2D eigenvalue weighted by molar-refractivity contribution is 6.20. The maximum absolute atomic E-state index is 14.5. The molecule has 1 fully saturated rings. The van der Waals surface area contributed by atoms with E-state index in [0.717, 1.165) is 0 Å². The number of hydrogen-bond acceptors (Lipinski definition) is 9. The summed E-state index contributed by atoms with van der Waals surface area (Å²) in [5, 5.41) is 24.9. The number of Topliss-reactive ketones (excluding diaryl/α,β-unsaturated/α-hetero) is 5. The largest absolute Gasteiger partial charge is 0.507 e. The molecule has 9 nitrogen and oxygen atoms in total. The standard InChI is InChI=1S/C39H52O9/c1-16(2)15-19(40)22-27(41)23-20(17(3)4)25-30(42)35(7,8)33(44)37(11,12)32(25)47-28(23)24-21(18(5)6)26-31(43)36(9,10)34(45)38(13,14)39(26,46)48-29(22)24/h16-18,20-21,26,41,46H,15H2,1-14H3/t20-,21-,26?,39?/m0/s1. The number of rotatable bonds is 5. The van der Waals surface area contributed by atoms with Crippen molar-refractivity contribution in [3.63, 3.8) is 0 Å². The van der Waals surface area contributed by atoms with Crippen LogP contribution in [-0.2, 0) is 19.2 Å². The van der Waals surface area contributed by atoms with Gasteiger partial charge in [0, 0.05) is 35.0 Å². The van der Waals surface area contributed by atoms with Crippen molar-refractivity contribution in [3.05, 3.63) is 28.0 Å². The lowest BCUT2D eigenvalue weighted by Gasteiger charge is -2.58. The lowest BCUT2D eigenvalue weighted by molar-refractivity contribution is -0.264. The monoisotopic (exact) mass is 664 g/mol. The highest BCUT2D eigenvalue weighted by Crippen LogP contribution is 2.66. The predicted octanol–water partition coefficient (Wildman–Crippen LogP) is 6.85. The highest BCUT2D eigenvalue weighted by Gasteiger charge is 2.72. The molecule has 48 heavy (non-hydrogen) atoms. The third-order valence-corrected chi connectivity index (χ3v) is 11.6. The quantitative estimate of drug-likeness (QED) is 0.255. The van der Waals surface area contributed by atoms with Crippen molar-refractivity contribution in [1.82, 2.24) is 0 Å². The van der Waals surface area contributed by atoms with E-state index in [-0.39, 0.29) is 63.9 Å². The Bertz CT molecular complexity index is 1710. The van der Waals surface area contributed by atoms with E-state index in [0.29, 0.717) is 5.56 Å². The summed E-state index contributed by atoms with van der Waals surface area (Å²) >= 11 is 0. The van der Waals surface area contributed by atoms with Gasteiger partial charge in [-0.3, -0.25) is 24.0 Å². The van der Waals surface area contributed by atoms with Gasteiger partial charge in [-0.05, 0) is 73.1 Å². The maximum atomic E-state index is 14.5. The predicted molar refractivity (Wildman–Crippen MR) is 179 cm³/mol. The number of hydrogen-bond donors (Lipinski definition) is 2. The second-order valence-electron chi connectivity index (χ2n) is 17.7. The van der Waals surface area contributed by atoms with E-state index in [1.807, 2.05) is 41.5 Å². The van der Waals surface area contributed by atoms with E-state index < -0.39 is 74.1 Å². The van der Waals surface area contributed by atoms with Gasteiger partial charge in [-0.2, -0.15) is 0 Å². The first-order valence-corrected chi connectivity index (χ1v) is 17.2. The number of fused-ring (bicyclic) bond motifs is 4. The highest BCUT2D eigenvalue weighted by atomic mass is 16.6. The molecule has 2 unspecified atom stereocenters. The molecule has 0 amide bonds. The molecule has 1 saturated carbocycles. The summed E-state index contributed by atoms with van der Waals surface area (Å²) < 4.78 is 13.2. The van der Waals surface area contributed by atoms with Crippen molar-refractivity contribution < 1.29 is 43.7 Å². The molecule has 0 aromatic heterocycles. The number of benzene rings is 1. The topological polar surface area (TPSA) is 144 Å². The zero-order valence-corrected chi connectivity index (χ0v) is 30.9. The fourth-order valence-electron chi connectivity index (χ4n) is 9.06. The Hall–Kier alpha value is -3.33. The van der Waals surface area contributed by atoms with Crippen LogP contribution in [0.3, 0.4) is 0 Å². The first kappa shape index (κ1) is 36.0. The molecule has 0 spiro atoms. The number of carbonyl (C=O) groups excluding carboxylic acids is 5. The molecular weight excluding hydrogens is 612 g/mol. The molecule has 4 atom stereocenters. The smallest absolute Gasteiger partial charge is 0.230 e. The van der Waals surface area contributed by atoms with Gasteiger partial charge < -0.3 is 19.7 Å². The van der Waals surface area contributed by atoms with Gasteiger partial charge in [-0.1, -0.05) is 41.5 Å². The number of aromatic hydroxyl groups is 1. The third-order valence-electron chi connectivity index (χ3n) is 11.6. The van der Waals surface area contributed by atoms with E-state index in [1.165, 1.54) is 0 Å². The van der Waals surface area contributed by atoms with Gasteiger partial charge in [-0.25, -0.2) is 0 Å². The second-order valence-corrected chi connectivity index (χ2v) is 17.7. The zero-order valence-electron chi connectivity index (χ0n) is 30.9. The molecule has 9 heteroatoms. The van der Waals surface area contributed by atoms with Gasteiger partial charge in [-0.15, -0.1) is 0 Å². The van der Waals surface area contributed by atoms with E-state index in [9.17, 15) is 34.2 Å². The Morgan fingerprint density at radius 2 is 1.33 bits per heavy atom. The molecular formula is C39H52O9. The van der Waals surface area contributed by atoms with Crippen molar-refractivity contribution in [1.29, 1.82) is 0 Å². The summed E-state index contributed by atoms with van der Waals surface area (Å²) in [5.74, 6) is -8.50. The van der Waals surface area contributed by atoms with Crippen LogP contribution < -0.4 is 9.47 Å². The molecule has 2 aliphatic carbocycles. The minimum Gasteiger partial charge on any atom is -0.507 e. The number of ether oxygens (including phenoxy) is 2.